The molecule has 0 atom stereocenters. The summed E-state index contributed by atoms with van der Waals surface area (Å²) in [5.74, 6) is -0.664. The van der Waals surface area contributed by atoms with Crippen molar-refractivity contribution >= 4 is 0 Å². The first-order valence-corrected chi connectivity index (χ1v) is 1.66. The highest BCUT2D eigenvalue weighted by atomic mass is 16.4. The molecule has 7 heavy (non-hydrogen) atoms. The molecule has 0 bridgehead atoms. The second-order valence-corrected chi connectivity index (χ2v) is 0.884. The van der Waals surface area contributed by atoms with Gasteiger partial charge in [0.25, 0.3) is 0 Å². The average Bonchev–Trinajstić information content (AvgIpc) is 1.69. The molecule has 0 amide bonds. The molecular formula is C3H2N2O2. The van der Waals surface area contributed by atoms with Crippen LogP contribution in [0.2, 0.25) is 0 Å². The molecule has 1 aromatic rings. The van der Waals surface area contributed by atoms with Crippen LogP contribution in [0.5, 0.6) is 0 Å². The number of rotatable bonds is 0. The van der Waals surface area contributed by atoms with E-state index in [0.29, 0.717) is 0 Å². The molecule has 0 aromatic carbocycles. The van der Waals surface area contributed by atoms with Gasteiger partial charge < -0.3 is 4.42 Å². The molecule has 0 aliphatic heterocycles. The molecule has 0 saturated heterocycles. The average molecular weight is 98.1 g/mol. The SMILES string of the molecule is O=c1nncco1. The zero-order valence-electron chi connectivity index (χ0n) is 3.37. The zero-order valence-corrected chi connectivity index (χ0v) is 3.37. The van der Waals surface area contributed by atoms with Crippen molar-refractivity contribution in [3.63, 3.8) is 0 Å². The summed E-state index contributed by atoms with van der Waals surface area (Å²) in [6.07, 6.45) is 2.47. The standard InChI is InChI=1S/C3H2N2O2/c6-3-5-4-1-2-7-3/h1-2H. The van der Waals surface area contributed by atoms with E-state index in [-0.39, 0.29) is 0 Å². The van der Waals surface area contributed by atoms with Crippen LogP contribution in [0.1, 0.15) is 0 Å². The van der Waals surface area contributed by atoms with Crippen LogP contribution >= 0.6 is 0 Å². The van der Waals surface area contributed by atoms with Crippen LogP contribution in [0.15, 0.2) is 21.7 Å². The van der Waals surface area contributed by atoms with Gasteiger partial charge in [0, 0.05) is 0 Å². The third kappa shape index (κ3) is 0.819. The van der Waals surface area contributed by atoms with E-state index in [2.05, 4.69) is 14.6 Å². The Bertz CT molecular complexity index is 177. The van der Waals surface area contributed by atoms with Gasteiger partial charge in [0.2, 0.25) is 0 Å². The van der Waals surface area contributed by atoms with E-state index >= 15 is 0 Å². The summed E-state index contributed by atoms with van der Waals surface area (Å²) < 4.78 is 4.20. The lowest BCUT2D eigenvalue weighted by Gasteiger charge is -1.70. The molecule has 0 fully saturated rings. The highest BCUT2D eigenvalue weighted by Gasteiger charge is 1.75. The van der Waals surface area contributed by atoms with Crippen molar-refractivity contribution < 1.29 is 4.42 Å². The Balaban J connectivity index is 3.28. The number of hydrogen-bond acceptors (Lipinski definition) is 4. The Morgan fingerprint density at radius 2 is 2.57 bits per heavy atom. The largest absolute Gasteiger partial charge is 0.457 e. The number of hydrogen-bond donors (Lipinski definition) is 0. The Morgan fingerprint density at radius 1 is 1.71 bits per heavy atom. The Labute approximate surface area is 38.8 Å². The molecule has 0 spiro atoms. The maximum Gasteiger partial charge on any atom is 0.457 e. The van der Waals surface area contributed by atoms with Crippen LogP contribution in [-0.2, 0) is 0 Å². The molecule has 36 valence electrons. The number of aromatic nitrogens is 2. The first kappa shape index (κ1) is 3.98. The van der Waals surface area contributed by atoms with Gasteiger partial charge in [0.1, 0.15) is 6.26 Å². The fourth-order valence-electron chi connectivity index (χ4n) is 0.220. The van der Waals surface area contributed by atoms with Crippen molar-refractivity contribution in [3.05, 3.63) is 23.0 Å². The van der Waals surface area contributed by atoms with E-state index in [1.165, 1.54) is 12.5 Å². The van der Waals surface area contributed by atoms with Gasteiger partial charge in [0.15, 0.2) is 0 Å². The molecule has 1 aromatic heterocycles. The summed E-state index contributed by atoms with van der Waals surface area (Å²) in [7, 11) is 0. The molecule has 0 aliphatic carbocycles. The number of nitrogens with zero attached hydrogens (tertiary/aromatic N) is 2. The molecule has 4 heteroatoms. The summed E-state index contributed by atoms with van der Waals surface area (Å²) in [6, 6.07) is 0. The van der Waals surface area contributed by atoms with Gasteiger partial charge in [-0.05, 0) is 0 Å². The highest BCUT2D eigenvalue weighted by Crippen LogP contribution is 1.60. The van der Waals surface area contributed by atoms with E-state index in [1.807, 2.05) is 0 Å². The topological polar surface area (TPSA) is 56.0 Å². The van der Waals surface area contributed by atoms with Gasteiger partial charge in [-0.25, -0.2) is 4.79 Å². The maximum atomic E-state index is 9.93. The third-order valence-corrected chi connectivity index (χ3v) is 0.436. The Morgan fingerprint density at radius 3 is 2.86 bits per heavy atom. The molecule has 0 N–H and O–H groups in total. The van der Waals surface area contributed by atoms with E-state index < -0.39 is 5.76 Å². The molecule has 0 radical (unpaired) electrons. The highest BCUT2D eigenvalue weighted by molar-refractivity contribution is 4.53. The second-order valence-electron chi connectivity index (χ2n) is 0.884. The van der Waals surface area contributed by atoms with E-state index in [1.54, 1.807) is 0 Å². The monoisotopic (exact) mass is 98.0 g/mol. The second kappa shape index (κ2) is 1.51. The molecule has 1 rings (SSSR count). The fourth-order valence-corrected chi connectivity index (χ4v) is 0.220. The molecule has 0 unspecified atom stereocenters. The van der Waals surface area contributed by atoms with E-state index in [9.17, 15) is 4.79 Å². The Hall–Kier alpha value is -1.19. The predicted molar refractivity (Wildman–Crippen MR) is 20.6 cm³/mol. The first-order valence-electron chi connectivity index (χ1n) is 1.66. The zero-order chi connectivity index (χ0) is 5.11. The smallest absolute Gasteiger partial charge is 0.414 e. The van der Waals surface area contributed by atoms with Crippen molar-refractivity contribution in [1.29, 1.82) is 0 Å². The van der Waals surface area contributed by atoms with Crippen LogP contribution in [0.25, 0.3) is 0 Å². The van der Waals surface area contributed by atoms with Crippen LogP contribution in [0, 0.1) is 0 Å². The summed E-state index contributed by atoms with van der Waals surface area (Å²) in [5, 5.41) is 6.23. The van der Waals surface area contributed by atoms with Crippen molar-refractivity contribution in [1.82, 2.24) is 10.2 Å². The van der Waals surface area contributed by atoms with Crippen molar-refractivity contribution in [2.45, 2.75) is 0 Å². The minimum absolute atomic E-state index is 0.664. The minimum Gasteiger partial charge on any atom is -0.414 e. The molecule has 4 nitrogen and oxygen atoms in total. The van der Waals surface area contributed by atoms with Gasteiger partial charge in [-0.1, -0.05) is 5.10 Å². The Kier molecular flexibility index (Phi) is 0.856. The van der Waals surface area contributed by atoms with Gasteiger partial charge in [0.05, 0.1) is 6.20 Å². The van der Waals surface area contributed by atoms with Crippen molar-refractivity contribution in [2.75, 3.05) is 0 Å². The minimum atomic E-state index is -0.664. The molecular weight excluding hydrogens is 96.0 g/mol. The molecule has 0 saturated carbocycles. The van der Waals surface area contributed by atoms with E-state index in [0.717, 1.165) is 0 Å². The summed E-state index contributed by atoms with van der Waals surface area (Å²) in [6.45, 7) is 0. The predicted octanol–water partition coefficient (Wildman–Crippen LogP) is -0.570. The lowest BCUT2D eigenvalue weighted by molar-refractivity contribution is 0.465. The molecule has 0 aliphatic rings. The van der Waals surface area contributed by atoms with Crippen LogP contribution in [-0.4, -0.2) is 10.2 Å². The maximum absolute atomic E-state index is 9.93. The summed E-state index contributed by atoms with van der Waals surface area (Å²) >= 11 is 0. The quantitative estimate of drug-likeness (QED) is 0.436. The lowest BCUT2D eigenvalue weighted by atomic mass is 11.0. The van der Waals surface area contributed by atoms with Crippen LogP contribution in [0.3, 0.4) is 0 Å². The summed E-state index contributed by atoms with van der Waals surface area (Å²) in [5.41, 5.74) is 0. The van der Waals surface area contributed by atoms with Gasteiger partial charge in [-0.2, -0.15) is 0 Å². The van der Waals surface area contributed by atoms with Gasteiger partial charge in [-0.15, -0.1) is 5.10 Å². The van der Waals surface area contributed by atoms with Crippen molar-refractivity contribution in [3.8, 4) is 0 Å². The normalized spacial score (nSPS) is 8.57. The van der Waals surface area contributed by atoms with Gasteiger partial charge in [-0.3, -0.25) is 0 Å². The van der Waals surface area contributed by atoms with E-state index in [4.69, 9.17) is 0 Å². The van der Waals surface area contributed by atoms with Crippen molar-refractivity contribution in [2.24, 2.45) is 0 Å². The van der Waals surface area contributed by atoms with Gasteiger partial charge >= 0.3 is 5.76 Å². The lowest BCUT2D eigenvalue weighted by Crippen LogP contribution is -2.02. The molecule has 1 heterocycles. The van der Waals surface area contributed by atoms with Crippen LogP contribution < -0.4 is 5.76 Å². The first-order chi connectivity index (χ1) is 3.39. The van der Waals surface area contributed by atoms with Crippen LogP contribution in [0.4, 0.5) is 0 Å². The third-order valence-electron chi connectivity index (χ3n) is 0.436. The summed E-state index contributed by atoms with van der Waals surface area (Å²) in [4.78, 5) is 9.93. The fraction of sp³-hybridized carbons (Fsp3) is 0.